The molecule has 1 aromatic rings. The molecule has 0 radical (unpaired) electrons. The Morgan fingerprint density at radius 3 is 2.10 bits per heavy atom. The molecule has 1 rings (SSSR count). The standard InChI is InChI=1S/C14H19NO5S/c1-4-12(14(17)18)15-21(19,20)11-7-5-10(6-8-11)13(16)9(2)3/h5-9,12,15H,4H2,1-3H3,(H,17,18). The minimum Gasteiger partial charge on any atom is -0.480 e. The van der Waals surface area contributed by atoms with Crippen LogP contribution in [0.1, 0.15) is 37.6 Å². The molecule has 0 spiro atoms. The van der Waals surface area contributed by atoms with Crippen molar-refractivity contribution in [1.82, 2.24) is 4.72 Å². The van der Waals surface area contributed by atoms with Crippen molar-refractivity contribution in [3.8, 4) is 0 Å². The Bertz CT molecular complexity index is 619. The molecule has 0 fully saturated rings. The van der Waals surface area contributed by atoms with E-state index in [4.69, 9.17) is 5.11 Å². The van der Waals surface area contributed by atoms with Crippen LogP contribution in [0.5, 0.6) is 0 Å². The molecule has 1 unspecified atom stereocenters. The molecule has 0 amide bonds. The van der Waals surface area contributed by atoms with Crippen LogP contribution >= 0.6 is 0 Å². The number of nitrogens with one attached hydrogen (secondary N) is 1. The second-order valence-electron chi connectivity index (χ2n) is 4.96. The van der Waals surface area contributed by atoms with Gasteiger partial charge in [0.1, 0.15) is 6.04 Å². The maximum Gasteiger partial charge on any atom is 0.321 e. The Morgan fingerprint density at radius 1 is 1.19 bits per heavy atom. The van der Waals surface area contributed by atoms with Gasteiger partial charge in [-0.15, -0.1) is 0 Å². The van der Waals surface area contributed by atoms with Gasteiger partial charge in [0.05, 0.1) is 4.90 Å². The number of carbonyl (C=O) groups is 2. The van der Waals surface area contributed by atoms with Crippen LogP contribution in [0.25, 0.3) is 0 Å². The van der Waals surface area contributed by atoms with Crippen LogP contribution in [0.4, 0.5) is 0 Å². The second-order valence-corrected chi connectivity index (χ2v) is 6.68. The molecule has 0 aliphatic carbocycles. The molecule has 0 aromatic heterocycles. The van der Waals surface area contributed by atoms with Crippen LogP contribution in [0.2, 0.25) is 0 Å². The molecule has 0 saturated heterocycles. The van der Waals surface area contributed by atoms with Crippen molar-refractivity contribution >= 4 is 21.8 Å². The summed E-state index contributed by atoms with van der Waals surface area (Å²) in [6, 6.07) is 4.28. The lowest BCUT2D eigenvalue weighted by molar-refractivity contribution is -0.139. The van der Waals surface area contributed by atoms with Crippen molar-refractivity contribution < 1.29 is 23.1 Å². The van der Waals surface area contributed by atoms with Crippen molar-refractivity contribution in [2.24, 2.45) is 5.92 Å². The molecule has 0 bridgehead atoms. The summed E-state index contributed by atoms with van der Waals surface area (Å²) in [5.74, 6) is -1.49. The quantitative estimate of drug-likeness (QED) is 0.746. The van der Waals surface area contributed by atoms with E-state index >= 15 is 0 Å². The highest BCUT2D eigenvalue weighted by molar-refractivity contribution is 7.89. The molecule has 7 heteroatoms. The number of rotatable bonds is 7. The first-order valence-corrected chi connectivity index (χ1v) is 8.06. The molecule has 0 saturated carbocycles. The summed E-state index contributed by atoms with van der Waals surface area (Å²) in [4.78, 5) is 22.6. The van der Waals surface area contributed by atoms with Crippen LogP contribution < -0.4 is 4.72 Å². The molecule has 6 nitrogen and oxygen atoms in total. The summed E-state index contributed by atoms with van der Waals surface area (Å²) in [7, 11) is -3.92. The summed E-state index contributed by atoms with van der Waals surface area (Å²) in [5.41, 5.74) is 0.425. The molecule has 0 heterocycles. The highest BCUT2D eigenvalue weighted by atomic mass is 32.2. The van der Waals surface area contributed by atoms with Gasteiger partial charge in [0.15, 0.2) is 5.78 Å². The number of carbonyl (C=O) groups excluding carboxylic acids is 1. The summed E-state index contributed by atoms with van der Waals surface area (Å²) < 4.78 is 26.2. The van der Waals surface area contributed by atoms with E-state index in [1.807, 2.05) is 0 Å². The molecule has 21 heavy (non-hydrogen) atoms. The molecular formula is C14H19NO5S. The molecule has 0 aliphatic heterocycles. The van der Waals surface area contributed by atoms with Gasteiger partial charge in [-0.05, 0) is 18.6 Å². The Labute approximate surface area is 124 Å². The number of benzene rings is 1. The molecule has 1 atom stereocenters. The van der Waals surface area contributed by atoms with E-state index in [0.29, 0.717) is 5.56 Å². The minimum absolute atomic E-state index is 0.0671. The topological polar surface area (TPSA) is 101 Å². The van der Waals surface area contributed by atoms with E-state index in [1.165, 1.54) is 24.3 Å². The average molecular weight is 313 g/mol. The molecule has 1 aromatic carbocycles. The van der Waals surface area contributed by atoms with Crippen LogP contribution in [-0.2, 0) is 14.8 Å². The van der Waals surface area contributed by atoms with Crippen LogP contribution in [0.15, 0.2) is 29.2 Å². The SMILES string of the molecule is CCC(NS(=O)(=O)c1ccc(C(=O)C(C)C)cc1)C(=O)O. The molecule has 0 aliphatic rings. The fourth-order valence-electron chi connectivity index (χ4n) is 1.70. The van der Waals surface area contributed by atoms with Crippen molar-refractivity contribution in [2.45, 2.75) is 38.1 Å². The second kappa shape index (κ2) is 6.82. The Hall–Kier alpha value is -1.73. The lowest BCUT2D eigenvalue weighted by Crippen LogP contribution is -2.40. The van der Waals surface area contributed by atoms with Gasteiger partial charge in [0, 0.05) is 11.5 Å². The monoisotopic (exact) mass is 313 g/mol. The predicted octanol–water partition coefficient (Wildman–Crippen LogP) is 1.67. The van der Waals surface area contributed by atoms with Gasteiger partial charge in [0.25, 0.3) is 0 Å². The van der Waals surface area contributed by atoms with Crippen LogP contribution in [0.3, 0.4) is 0 Å². The van der Waals surface area contributed by atoms with E-state index in [2.05, 4.69) is 4.72 Å². The lowest BCUT2D eigenvalue weighted by atomic mass is 10.0. The number of hydrogen-bond donors (Lipinski definition) is 2. The van der Waals surface area contributed by atoms with Gasteiger partial charge in [-0.2, -0.15) is 4.72 Å². The van der Waals surface area contributed by atoms with Crippen molar-refractivity contribution in [1.29, 1.82) is 0 Å². The van der Waals surface area contributed by atoms with Crippen LogP contribution in [-0.4, -0.2) is 31.3 Å². The highest BCUT2D eigenvalue weighted by Crippen LogP contribution is 2.14. The van der Waals surface area contributed by atoms with Crippen molar-refractivity contribution in [3.05, 3.63) is 29.8 Å². The number of carboxylic acids is 1. The van der Waals surface area contributed by atoms with E-state index in [0.717, 1.165) is 0 Å². The number of ketones is 1. The lowest BCUT2D eigenvalue weighted by Gasteiger charge is -2.13. The van der Waals surface area contributed by atoms with Crippen molar-refractivity contribution in [3.63, 3.8) is 0 Å². The summed E-state index contributed by atoms with van der Waals surface area (Å²) in [6.07, 6.45) is 0.137. The summed E-state index contributed by atoms with van der Waals surface area (Å²) in [6.45, 7) is 5.09. The molecular weight excluding hydrogens is 294 g/mol. The molecule has 2 N–H and O–H groups in total. The first-order chi connectivity index (χ1) is 9.69. The van der Waals surface area contributed by atoms with Gasteiger partial charge in [0.2, 0.25) is 10.0 Å². The zero-order valence-corrected chi connectivity index (χ0v) is 13.0. The van der Waals surface area contributed by atoms with E-state index in [1.54, 1.807) is 20.8 Å². The number of carboxylic acid groups (broad SMARTS) is 1. The number of sulfonamides is 1. The van der Waals surface area contributed by atoms with Crippen molar-refractivity contribution in [2.75, 3.05) is 0 Å². The minimum atomic E-state index is -3.92. The molecule has 116 valence electrons. The third-order valence-corrected chi connectivity index (χ3v) is 4.46. The Kier molecular flexibility index (Phi) is 5.62. The van der Waals surface area contributed by atoms with E-state index in [-0.39, 0.29) is 23.0 Å². The number of Topliss-reactive ketones (excluding diaryl/α,β-unsaturated/α-hetero) is 1. The smallest absolute Gasteiger partial charge is 0.321 e. The maximum atomic E-state index is 12.1. The normalized spacial score (nSPS) is 13.1. The van der Waals surface area contributed by atoms with Gasteiger partial charge in [-0.1, -0.05) is 32.9 Å². The third-order valence-electron chi connectivity index (χ3n) is 2.98. The third kappa shape index (κ3) is 4.37. The zero-order chi connectivity index (χ0) is 16.2. The Morgan fingerprint density at radius 2 is 1.71 bits per heavy atom. The summed E-state index contributed by atoms with van der Waals surface area (Å²) in [5, 5.41) is 8.89. The predicted molar refractivity (Wildman–Crippen MR) is 77.6 cm³/mol. The van der Waals surface area contributed by atoms with Gasteiger partial charge in [-0.25, -0.2) is 8.42 Å². The fraction of sp³-hybridized carbons (Fsp3) is 0.429. The first-order valence-electron chi connectivity index (χ1n) is 6.58. The first kappa shape index (κ1) is 17.3. The average Bonchev–Trinajstić information content (AvgIpc) is 2.43. The highest BCUT2D eigenvalue weighted by Gasteiger charge is 2.24. The summed E-state index contributed by atoms with van der Waals surface area (Å²) >= 11 is 0. The largest absolute Gasteiger partial charge is 0.480 e. The fourth-order valence-corrected chi connectivity index (χ4v) is 2.97. The van der Waals surface area contributed by atoms with Gasteiger partial charge < -0.3 is 5.11 Å². The van der Waals surface area contributed by atoms with Gasteiger partial charge >= 0.3 is 5.97 Å². The Balaban J connectivity index is 3.00. The van der Waals surface area contributed by atoms with Gasteiger partial charge in [-0.3, -0.25) is 9.59 Å². The number of hydrogen-bond acceptors (Lipinski definition) is 4. The van der Waals surface area contributed by atoms with E-state index < -0.39 is 22.0 Å². The van der Waals surface area contributed by atoms with Crippen LogP contribution in [0, 0.1) is 5.92 Å². The van der Waals surface area contributed by atoms with E-state index in [9.17, 15) is 18.0 Å². The maximum absolute atomic E-state index is 12.1. The zero-order valence-electron chi connectivity index (χ0n) is 12.2. The number of aliphatic carboxylic acids is 1.